The van der Waals surface area contributed by atoms with Crippen molar-refractivity contribution in [2.24, 2.45) is 27.4 Å². The zero-order valence-corrected chi connectivity index (χ0v) is 51.0. The summed E-state index contributed by atoms with van der Waals surface area (Å²) in [5.41, 5.74) is 15.0. The van der Waals surface area contributed by atoms with Crippen LogP contribution in [0.25, 0.3) is 0 Å². The fourth-order valence-corrected chi connectivity index (χ4v) is 7.31. The Bertz CT molecular complexity index is 2390. The van der Waals surface area contributed by atoms with Crippen LogP contribution in [0.3, 0.4) is 0 Å². The summed E-state index contributed by atoms with van der Waals surface area (Å²) in [6.07, 6.45) is 2.58. The number of aromatic nitrogens is 4. The van der Waals surface area contributed by atoms with E-state index in [1.807, 2.05) is 0 Å². The lowest BCUT2D eigenvalue weighted by Crippen LogP contribution is -2.25. The van der Waals surface area contributed by atoms with E-state index in [0.29, 0.717) is 28.6 Å². The summed E-state index contributed by atoms with van der Waals surface area (Å²) in [5, 5.41) is 13.6. The molecule has 0 atom stereocenters. The van der Waals surface area contributed by atoms with Crippen molar-refractivity contribution in [2.75, 3.05) is 57.5 Å². The Morgan fingerprint density at radius 2 is 0.838 bits per heavy atom. The number of nitrogens with zero attached hydrogens (tertiary/aromatic N) is 4. The molecule has 0 aliphatic heterocycles. The molecule has 9 N–H and O–H groups in total. The number of carboxylic acid groups (broad SMARTS) is 1. The van der Waals surface area contributed by atoms with Crippen molar-refractivity contribution in [3.05, 3.63) is 35.2 Å². The number of hydrogen-bond donors (Lipinski definition) is 6. The fourth-order valence-electron chi connectivity index (χ4n) is 4.93. The molecule has 2 amide bonds. The molecule has 2 aromatic heterocycles. The summed E-state index contributed by atoms with van der Waals surface area (Å²) < 4.78 is 65.8. The van der Waals surface area contributed by atoms with E-state index in [9.17, 15) is 47.5 Å². The summed E-state index contributed by atoms with van der Waals surface area (Å²) in [7, 11) is -7.51. The normalized spacial score (nSPS) is 11.7. The lowest BCUT2D eigenvalue weighted by atomic mass is 9.98. The molecule has 80 heavy (non-hydrogen) atoms. The van der Waals surface area contributed by atoms with Gasteiger partial charge >= 0.3 is 45.0 Å². The van der Waals surface area contributed by atoms with Crippen LogP contribution in [0.5, 0.6) is 0 Å². The van der Waals surface area contributed by atoms with Crippen LogP contribution in [0.15, 0.2) is 12.4 Å². The Morgan fingerprint density at radius 3 is 1.12 bits per heavy atom. The SMILES string of the molecule is CC(C)(C)C(=O)OCOP(=O)(CCN)OCOC(=O)C(C)(C)C.Cc1ncc(CNC(=O)CCC(=O)CCCP(=O)(OCOC(=O)C(C)(C)C)OCOC(=O)C(C)(C)C)c(N)n1.Cc1ncc(CNC(=O)CCC(=O)O)c(N)n1.Cl. The van der Waals surface area contributed by atoms with Crippen molar-refractivity contribution in [1.82, 2.24) is 30.6 Å². The van der Waals surface area contributed by atoms with E-state index in [0.717, 1.165) is 0 Å². The van der Waals surface area contributed by atoms with Crippen LogP contribution in [0.1, 0.15) is 144 Å². The molecule has 456 valence electrons. The van der Waals surface area contributed by atoms with E-state index in [-0.39, 0.29) is 106 Å². The molecule has 0 saturated heterocycles. The number of ether oxygens (including phenoxy) is 4. The number of aliphatic carboxylic acids is 1. The average molecular weight is 1200 g/mol. The van der Waals surface area contributed by atoms with Crippen LogP contribution in [0.2, 0.25) is 0 Å². The summed E-state index contributed by atoms with van der Waals surface area (Å²) in [4.78, 5) is 109. The number of carbonyl (C=O) groups excluding carboxylic acids is 7. The Balaban J connectivity index is 0. The minimum atomic E-state index is -3.89. The number of esters is 4. The maximum Gasteiger partial charge on any atom is 0.337 e. The number of aryl methyl sites for hydroxylation is 2. The van der Waals surface area contributed by atoms with Crippen molar-refractivity contribution in [3.63, 3.8) is 0 Å². The van der Waals surface area contributed by atoms with Crippen LogP contribution in [0.4, 0.5) is 11.6 Å². The predicted molar refractivity (Wildman–Crippen MR) is 294 cm³/mol. The first kappa shape index (κ1) is 76.3. The van der Waals surface area contributed by atoms with Crippen molar-refractivity contribution < 1.29 is 89.6 Å². The number of amides is 2. The van der Waals surface area contributed by atoms with Crippen LogP contribution in [-0.4, -0.2) is 119 Å². The lowest BCUT2D eigenvalue weighted by molar-refractivity contribution is -0.163. The molecular weight excluding hydrogens is 1120 g/mol. The third-order valence-corrected chi connectivity index (χ3v) is 13.3. The number of nitrogen functional groups attached to an aromatic ring is 2. The quantitative estimate of drug-likeness (QED) is 0.0247. The predicted octanol–water partition coefficient (Wildman–Crippen LogP) is 5.97. The second-order valence-electron chi connectivity index (χ2n) is 21.4. The summed E-state index contributed by atoms with van der Waals surface area (Å²) in [5.74, 6) is -2.40. The van der Waals surface area contributed by atoms with Gasteiger partial charge in [0, 0.05) is 68.8 Å². The van der Waals surface area contributed by atoms with E-state index in [4.69, 9.17) is 59.3 Å². The van der Waals surface area contributed by atoms with Gasteiger partial charge in [-0.15, -0.1) is 12.4 Å². The molecule has 0 saturated carbocycles. The number of ketones is 1. The van der Waals surface area contributed by atoms with E-state index in [1.54, 1.807) is 96.9 Å². The Morgan fingerprint density at radius 1 is 0.525 bits per heavy atom. The number of anilines is 2. The standard InChI is InChI=1S/C25H41N4O9P.C14H28NO7P.C10H14N4O3.ClH/c1-17-27-13-18(21(26)29-17)14-28-20(31)11-10-19(30)9-8-12-39(34,37-15-35-22(32)24(2,3)4)38-16-36-23(33)25(5,6)7;1-13(2,3)11(16)19-9-21-23(18,8-7-15)22-10-20-12(17)14(4,5)6;1-6-12-4-7(10(11)14-6)5-13-8(15)2-3-9(16)17;/h13H,8-12,14-16H2,1-7H3,(H,28,31)(H2,26,27,29);7-10,15H2,1-6H3;4H,2-3,5H2,1H3,(H,13,15)(H,16,17)(H2,11,12,14);1H. The van der Waals surface area contributed by atoms with Crippen LogP contribution >= 0.6 is 27.6 Å². The number of carbonyl (C=O) groups is 8. The van der Waals surface area contributed by atoms with Gasteiger partial charge in [0.2, 0.25) is 39.0 Å². The molecule has 0 bridgehead atoms. The highest BCUT2D eigenvalue weighted by molar-refractivity contribution is 7.54. The van der Waals surface area contributed by atoms with Gasteiger partial charge in [0.15, 0.2) is 0 Å². The first-order valence-electron chi connectivity index (χ1n) is 24.8. The summed E-state index contributed by atoms with van der Waals surface area (Å²) >= 11 is 0. The van der Waals surface area contributed by atoms with Gasteiger partial charge in [0.1, 0.15) is 29.1 Å². The molecule has 2 aromatic rings. The zero-order valence-electron chi connectivity index (χ0n) is 48.4. The van der Waals surface area contributed by atoms with Crippen molar-refractivity contribution in [2.45, 2.75) is 149 Å². The van der Waals surface area contributed by atoms with Crippen molar-refractivity contribution in [1.29, 1.82) is 0 Å². The minimum Gasteiger partial charge on any atom is -0.481 e. The Hall–Kier alpha value is -5.73. The highest BCUT2D eigenvalue weighted by atomic mass is 35.5. The van der Waals surface area contributed by atoms with Gasteiger partial charge in [-0.05, 0) is 103 Å². The third-order valence-electron chi connectivity index (χ3n) is 9.68. The first-order valence-corrected chi connectivity index (χ1v) is 28.3. The minimum absolute atomic E-state index is 0. The number of rotatable bonds is 28. The van der Waals surface area contributed by atoms with Gasteiger partial charge in [-0.1, -0.05) is 0 Å². The number of hydrogen-bond acceptors (Lipinski definition) is 25. The zero-order chi connectivity index (χ0) is 61.0. The molecule has 0 aliphatic rings. The van der Waals surface area contributed by atoms with Crippen molar-refractivity contribution >= 4 is 86.7 Å². The maximum absolute atomic E-state index is 13.2. The number of halogens is 1. The smallest absolute Gasteiger partial charge is 0.337 e. The van der Waals surface area contributed by atoms with Crippen LogP contribution in [-0.2, 0) is 97.6 Å². The van der Waals surface area contributed by atoms with Gasteiger partial charge < -0.3 is 51.9 Å². The molecule has 0 spiro atoms. The van der Waals surface area contributed by atoms with Gasteiger partial charge in [0.05, 0.1) is 40.4 Å². The van der Waals surface area contributed by atoms with E-state index >= 15 is 0 Å². The highest BCUT2D eigenvalue weighted by Gasteiger charge is 2.32. The number of Topliss-reactive ketones (excluding diaryl/α,β-unsaturated/α-hetero) is 1. The molecule has 2 heterocycles. The van der Waals surface area contributed by atoms with Gasteiger partial charge in [-0.2, -0.15) is 0 Å². The third kappa shape index (κ3) is 34.4. The first-order chi connectivity index (χ1) is 36.2. The van der Waals surface area contributed by atoms with Crippen LogP contribution in [0, 0.1) is 35.5 Å². The lowest BCUT2D eigenvalue weighted by Gasteiger charge is -2.22. The number of carboxylic acids is 1. The largest absolute Gasteiger partial charge is 0.481 e. The molecule has 31 heteroatoms. The van der Waals surface area contributed by atoms with E-state index in [2.05, 4.69) is 30.6 Å². The van der Waals surface area contributed by atoms with Gasteiger partial charge in [-0.25, -0.2) is 19.9 Å². The Kier molecular flexibility index (Phi) is 34.2. The molecule has 0 aliphatic carbocycles. The average Bonchev–Trinajstić information content (AvgIpc) is 3.31. The molecule has 28 nitrogen and oxygen atoms in total. The molecule has 2 rings (SSSR count). The Labute approximate surface area is 474 Å². The number of nitrogens with one attached hydrogen (secondary N) is 2. The second kappa shape index (κ2) is 35.9. The monoisotopic (exact) mass is 1200 g/mol. The molecule has 0 fully saturated rings. The molecule has 0 unspecified atom stereocenters. The molecular formula is C49H84ClN9O19P2. The van der Waals surface area contributed by atoms with E-state index < -0.39 is 93.9 Å². The van der Waals surface area contributed by atoms with E-state index in [1.165, 1.54) is 12.4 Å². The van der Waals surface area contributed by atoms with Crippen LogP contribution < -0.4 is 27.8 Å². The molecule has 0 radical (unpaired) electrons. The number of nitrogens with two attached hydrogens (primary N) is 3. The highest BCUT2D eigenvalue weighted by Crippen LogP contribution is 2.49. The van der Waals surface area contributed by atoms with Gasteiger partial charge in [0.25, 0.3) is 0 Å². The van der Waals surface area contributed by atoms with Gasteiger partial charge in [-0.3, -0.25) is 65.6 Å². The fraction of sp³-hybridized carbons (Fsp3) is 0.673. The summed E-state index contributed by atoms with van der Waals surface area (Å²) in [6, 6.07) is 0. The topological polar surface area (TPSA) is 418 Å². The molecule has 0 aromatic carbocycles. The maximum atomic E-state index is 13.2. The van der Waals surface area contributed by atoms with Crippen molar-refractivity contribution in [3.8, 4) is 0 Å². The second-order valence-corrected chi connectivity index (χ2v) is 25.8. The summed E-state index contributed by atoms with van der Waals surface area (Å²) in [6.45, 7) is 21.4.